The number of ether oxygens (including phenoxy) is 3. The minimum atomic E-state index is -1.59. The lowest BCUT2D eigenvalue weighted by atomic mass is 9.48. The van der Waals surface area contributed by atoms with Crippen LogP contribution in [0, 0.1) is 28.6 Å². The van der Waals surface area contributed by atoms with Crippen molar-refractivity contribution >= 4 is 17.7 Å². The average Bonchev–Trinajstić information content (AvgIpc) is 3.57. The van der Waals surface area contributed by atoms with Crippen LogP contribution in [0.4, 0.5) is 0 Å². The van der Waals surface area contributed by atoms with Crippen LogP contribution in [0.2, 0.25) is 0 Å². The van der Waals surface area contributed by atoms with Gasteiger partial charge in [0.1, 0.15) is 17.0 Å². The molecule has 1 unspecified atom stereocenters. The standard InChI is InChI=1S/C31H34O7/c1-18-14-24-23-11-10-21-15-22(37-27(34)20-8-6-5-7-9-20)12-13-28(21,3)31(23)26(38-31)16-29(24,4)30(18,35)25(33)17-36-19(2)32/h5-10,12-13,15,18,23-24,26,35H,11,14,16-17H2,1-4H3/t18-,23?,24-,26+,28-,29-,30-,31+/m0/s1. The van der Waals surface area contributed by atoms with Gasteiger partial charge in [0, 0.05) is 17.8 Å². The van der Waals surface area contributed by atoms with Crippen molar-refractivity contribution < 1.29 is 33.7 Å². The SMILES string of the molecule is CC(=O)OCC(=O)[C@@]1(O)[C@@H](C)C[C@H]2C3CC=C4C=C(OC(=O)c5ccccc5)C=C[C@]4(C)[C@@]34O[C@@H]4C[C@@]21C. The largest absolute Gasteiger partial charge is 0.458 e. The Morgan fingerprint density at radius 1 is 1.13 bits per heavy atom. The smallest absolute Gasteiger partial charge is 0.343 e. The average molecular weight is 519 g/mol. The number of esters is 2. The summed E-state index contributed by atoms with van der Waals surface area (Å²) in [5.41, 5.74) is -1.58. The third-order valence-electron chi connectivity index (χ3n) is 10.3. The molecule has 1 spiro atoms. The van der Waals surface area contributed by atoms with Crippen LogP contribution in [0.5, 0.6) is 0 Å². The van der Waals surface area contributed by atoms with Crippen molar-refractivity contribution in [1.29, 1.82) is 0 Å². The van der Waals surface area contributed by atoms with Gasteiger partial charge in [-0.25, -0.2) is 4.79 Å². The van der Waals surface area contributed by atoms with Crippen molar-refractivity contribution in [2.24, 2.45) is 28.6 Å². The van der Waals surface area contributed by atoms with E-state index in [4.69, 9.17) is 14.2 Å². The molecule has 5 aliphatic rings. The summed E-state index contributed by atoms with van der Waals surface area (Å²) in [5.74, 6) is -0.955. The molecule has 1 N–H and O–H groups in total. The number of epoxide rings is 1. The zero-order valence-electron chi connectivity index (χ0n) is 22.2. The number of ketones is 1. The molecule has 6 rings (SSSR count). The fraction of sp³-hybridized carbons (Fsp3) is 0.516. The molecular weight excluding hydrogens is 484 g/mol. The van der Waals surface area contributed by atoms with E-state index in [0.29, 0.717) is 24.2 Å². The number of rotatable bonds is 5. The van der Waals surface area contributed by atoms with Crippen molar-refractivity contribution in [2.75, 3.05) is 6.61 Å². The highest BCUT2D eigenvalue weighted by Crippen LogP contribution is 2.75. The molecule has 200 valence electrons. The van der Waals surface area contributed by atoms with Gasteiger partial charge in [-0.3, -0.25) is 9.59 Å². The number of fused-ring (bicyclic) bond motifs is 3. The second-order valence-corrected chi connectivity index (χ2v) is 12.1. The Balaban J connectivity index is 1.29. The number of allylic oxidation sites excluding steroid dienone is 3. The normalized spacial score (nSPS) is 41.9. The molecule has 7 heteroatoms. The Labute approximate surface area is 222 Å². The van der Waals surface area contributed by atoms with E-state index in [0.717, 1.165) is 12.0 Å². The summed E-state index contributed by atoms with van der Waals surface area (Å²) >= 11 is 0. The highest BCUT2D eigenvalue weighted by Gasteiger charge is 2.81. The Kier molecular flexibility index (Phi) is 5.47. The predicted molar refractivity (Wildman–Crippen MR) is 138 cm³/mol. The van der Waals surface area contributed by atoms with Gasteiger partial charge in [-0.15, -0.1) is 0 Å². The number of Topliss-reactive ketones (excluding diaryl/α,β-unsaturated/α-hetero) is 1. The number of hydrogen-bond acceptors (Lipinski definition) is 7. The number of hydrogen-bond donors (Lipinski definition) is 1. The highest BCUT2D eigenvalue weighted by molar-refractivity contribution is 5.91. The van der Waals surface area contributed by atoms with Gasteiger partial charge in [-0.2, -0.15) is 0 Å². The monoisotopic (exact) mass is 518 g/mol. The number of benzene rings is 1. The van der Waals surface area contributed by atoms with Crippen molar-refractivity contribution in [1.82, 2.24) is 0 Å². The van der Waals surface area contributed by atoms with Crippen LogP contribution >= 0.6 is 0 Å². The molecule has 8 atom stereocenters. The van der Waals surface area contributed by atoms with E-state index in [-0.39, 0.29) is 23.9 Å². The zero-order valence-corrected chi connectivity index (χ0v) is 22.2. The maximum atomic E-state index is 13.3. The Morgan fingerprint density at radius 2 is 1.87 bits per heavy atom. The summed E-state index contributed by atoms with van der Waals surface area (Å²) in [6.45, 7) is 6.96. The molecule has 1 saturated heterocycles. The number of carbonyl (C=O) groups excluding carboxylic acids is 3. The topological polar surface area (TPSA) is 102 Å². The minimum absolute atomic E-state index is 0.0619. The zero-order chi connectivity index (χ0) is 27.1. The van der Waals surface area contributed by atoms with Gasteiger partial charge in [0.15, 0.2) is 6.61 Å². The molecule has 7 nitrogen and oxygen atoms in total. The van der Waals surface area contributed by atoms with Gasteiger partial charge < -0.3 is 19.3 Å². The fourth-order valence-corrected chi connectivity index (χ4v) is 8.41. The van der Waals surface area contributed by atoms with Gasteiger partial charge in [0.2, 0.25) is 5.78 Å². The van der Waals surface area contributed by atoms with Gasteiger partial charge in [0.25, 0.3) is 0 Å². The first-order chi connectivity index (χ1) is 18.0. The number of aliphatic hydroxyl groups is 1. The lowest BCUT2D eigenvalue weighted by Gasteiger charge is -2.54. The van der Waals surface area contributed by atoms with E-state index in [2.05, 4.69) is 19.1 Å². The number of carbonyl (C=O) groups is 3. The van der Waals surface area contributed by atoms with E-state index in [9.17, 15) is 19.5 Å². The van der Waals surface area contributed by atoms with Crippen molar-refractivity contribution in [3.63, 3.8) is 0 Å². The first-order valence-electron chi connectivity index (χ1n) is 13.4. The third-order valence-corrected chi connectivity index (χ3v) is 10.3. The summed E-state index contributed by atoms with van der Waals surface area (Å²) in [5, 5.41) is 11.9. The highest BCUT2D eigenvalue weighted by atomic mass is 16.6. The van der Waals surface area contributed by atoms with Crippen LogP contribution in [-0.4, -0.2) is 46.7 Å². The third kappa shape index (κ3) is 3.18. The van der Waals surface area contributed by atoms with Crippen molar-refractivity contribution in [3.05, 3.63) is 71.5 Å². The lowest BCUT2D eigenvalue weighted by molar-refractivity contribution is -0.170. The van der Waals surface area contributed by atoms with Crippen LogP contribution < -0.4 is 0 Å². The summed E-state index contributed by atoms with van der Waals surface area (Å²) < 4.78 is 17.3. The minimum Gasteiger partial charge on any atom is -0.458 e. The lowest BCUT2D eigenvalue weighted by Crippen LogP contribution is -2.62. The van der Waals surface area contributed by atoms with E-state index in [1.54, 1.807) is 24.3 Å². The molecule has 1 aromatic rings. The van der Waals surface area contributed by atoms with Crippen LogP contribution in [0.25, 0.3) is 0 Å². The summed E-state index contributed by atoms with van der Waals surface area (Å²) in [6, 6.07) is 8.92. The molecule has 0 radical (unpaired) electrons. The molecule has 3 fully saturated rings. The summed E-state index contributed by atoms with van der Waals surface area (Å²) in [7, 11) is 0. The molecule has 1 aromatic carbocycles. The quantitative estimate of drug-likeness (QED) is 0.458. The van der Waals surface area contributed by atoms with E-state index in [1.165, 1.54) is 6.92 Å². The van der Waals surface area contributed by atoms with Crippen LogP contribution in [0.3, 0.4) is 0 Å². The first kappa shape index (κ1) is 25.3. The predicted octanol–water partition coefficient (Wildman–Crippen LogP) is 4.32. The molecule has 0 amide bonds. The van der Waals surface area contributed by atoms with Gasteiger partial charge in [-0.05, 0) is 73.8 Å². The van der Waals surface area contributed by atoms with Crippen molar-refractivity contribution in [3.8, 4) is 0 Å². The molecule has 0 bridgehead atoms. The van der Waals surface area contributed by atoms with E-state index >= 15 is 0 Å². The first-order valence-corrected chi connectivity index (χ1v) is 13.4. The van der Waals surface area contributed by atoms with Crippen molar-refractivity contribution in [2.45, 2.75) is 64.3 Å². The second-order valence-electron chi connectivity index (χ2n) is 12.1. The maximum absolute atomic E-state index is 13.3. The molecular formula is C31H34O7. The van der Waals surface area contributed by atoms with E-state index in [1.807, 2.05) is 32.1 Å². The Morgan fingerprint density at radius 3 is 2.58 bits per heavy atom. The molecule has 1 aliphatic heterocycles. The summed E-state index contributed by atoms with van der Waals surface area (Å²) in [4.78, 5) is 37.3. The van der Waals surface area contributed by atoms with Crippen LogP contribution in [0.1, 0.15) is 57.3 Å². The Hall–Kier alpha value is -3.03. The molecule has 2 saturated carbocycles. The fourth-order valence-electron chi connectivity index (χ4n) is 8.41. The maximum Gasteiger partial charge on any atom is 0.343 e. The molecule has 0 aromatic heterocycles. The molecule has 38 heavy (non-hydrogen) atoms. The second kappa shape index (κ2) is 8.23. The summed E-state index contributed by atoms with van der Waals surface area (Å²) in [6.07, 6.45) is 9.96. The Bertz CT molecular complexity index is 1310. The van der Waals surface area contributed by atoms with Gasteiger partial charge in [-0.1, -0.05) is 44.2 Å². The van der Waals surface area contributed by atoms with Crippen LogP contribution in [0.15, 0.2) is 66.0 Å². The molecule has 1 heterocycles. The van der Waals surface area contributed by atoms with Gasteiger partial charge in [0.05, 0.1) is 11.7 Å². The molecule has 4 aliphatic carbocycles. The van der Waals surface area contributed by atoms with E-state index < -0.39 is 46.4 Å². The van der Waals surface area contributed by atoms with Gasteiger partial charge >= 0.3 is 11.9 Å². The van der Waals surface area contributed by atoms with Crippen LogP contribution in [-0.2, 0) is 23.8 Å².